The minimum absolute atomic E-state index is 0.0182. The summed E-state index contributed by atoms with van der Waals surface area (Å²) in [6, 6.07) is 6.06. The number of benzene rings is 1. The van der Waals surface area contributed by atoms with Crippen LogP contribution in [0.4, 0.5) is 22.6 Å². The molecular weight excluding hydrogens is 388 g/mol. The van der Waals surface area contributed by atoms with Crippen molar-refractivity contribution in [1.82, 2.24) is 0 Å². The smallest absolute Gasteiger partial charge is 0.292 e. The fourth-order valence-corrected chi connectivity index (χ4v) is 2.79. The highest BCUT2D eigenvalue weighted by Gasteiger charge is 2.21. The van der Waals surface area contributed by atoms with Crippen molar-refractivity contribution in [1.29, 1.82) is 5.26 Å². The van der Waals surface area contributed by atoms with Gasteiger partial charge in [-0.1, -0.05) is 0 Å². The molecule has 0 radical (unpaired) electrons. The third kappa shape index (κ3) is 3.78. The van der Waals surface area contributed by atoms with Gasteiger partial charge in [-0.25, -0.2) is 8.78 Å². The molecule has 138 valence electrons. The molecule has 2 heterocycles. The lowest BCUT2D eigenvalue weighted by Crippen LogP contribution is -2.10. The zero-order chi connectivity index (χ0) is 19.6. The lowest BCUT2D eigenvalue weighted by molar-refractivity contribution is 0.0992. The average Bonchev–Trinajstić information content (AvgIpc) is 3.29. The van der Waals surface area contributed by atoms with Crippen molar-refractivity contribution in [2.45, 2.75) is 6.61 Å². The van der Waals surface area contributed by atoms with Gasteiger partial charge < -0.3 is 14.5 Å². The van der Waals surface area contributed by atoms with Crippen LogP contribution in [0.1, 0.15) is 21.9 Å². The number of hydrogen-bond acceptors (Lipinski definition) is 5. The van der Waals surface area contributed by atoms with Crippen LogP contribution < -0.4 is 10.1 Å². The van der Waals surface area contributed by atoms with Gasteiger partial charge in [0, 0.05) is 6.07 Å². The van der Waals surface area contributed by atoms with E-state index in [1.807, 2.05) is 6.07 Å². The van der Waals surface area contributed by atoms with Crippen molar-refractivity contribution in [3.05, 3.63) is 70.0 Å². The second-order valence-electron chi connectivity index (χ2n) is 5.08. The van der Waals surface area contributed by atoms with E-state index in [0.29, 0.717) is 5.00 Å². The highest BCUT2D eigenvalue weighted by atomic mass is 32.1. The van der Waals surface area contributed by atoms with Crippen molar-refractivity contribution >= 4 is 22.2 Å². The highest BCUT2D eigenvalue weighted by Crippen LogP contribution is 2.28. The number of hydrogen-bond donors (Lipinski definition) is 1. The molecule has 0 unspecified atom stereocenters. The fraction of sp³-hybridized carbons (Fsp3) is 0.0588. The van der Waals surface area contributed by atoms with Gasteiger partial charge in [0.1, 0.15) is 23.4 Å². The molecule has 2 aromatic heterocycles. The molecule has 0 fully saturated rings. The lowest BCUT2D eigenvalue weighted by atomic mass is 10.3. The summed E-state index contributed by atoms with van der Waals surface area (Å²) in [7, 11) is 0. The topological polar surface area (TPSA) is 75.3 Å². The summed E-state index contributed by atoms with van der Waals surface area (Å²) >= 11 is 1.14. The van der Waals surface area contributed by atoms with E-state index in [-0.39, 0.29) is 23.2 Å². The van der Waals surface area contributed by atoms with Gasteiger partial charge in [-0.05, 0) is 23.6 Å². The molecule has 0 atom stereocenters. The maximum atomic E-state index is 13.5. The zero-order valence-electron chi connectivity index (χ0n) is 13.2. The molecule has 27 heavy (non-hydrogen) atoms. The first kappa shape index (κ1) is 18.5. The van der Waals surface area contributed by atoms with Crippen LogP contribution >= 0.6 is 11.3 Å². The third-order valence-electron chi connectivity index (χ3n) is 3.33. The first-order chi connectivity index (χ1) is 12.9. The monoisotopic (exact) mass is 396 g/mol. The van der Waals surface area contributed by atoms with E-state index >= 15 is 0 Å². The maximum Gasteiger partial charge on any atom is 0.292 e. The molecule has 0 bridgehead atoms. The summed E-state index contributed by atoms with van der Waals surface area (Å²) in [4.78, 5) is 12.1. The van der Waals surface area contributed by atoms with Gasteiger partial charge in [0.2, 0.25) is 11.6 Å². The number of nitriles is 1. The molecule has 0 aliphatic rings. The Bertz CT molecular complexity index is 1030. The Morgan fingerprint density at radius 2 is 1.89 bits per heavy atom. The number of carbonyl (C=O) groups excluding carboxylic acids is 1. The summed E-state index contributed by atoms with van der Waals surface area (Å²) in [6.07, 6.45) is 0. The second kappa shape index (κ2) is 7.51. The van der Waals surface area contributed by atoms with Crippen molar-refractivity contribution < 1.29 is 31.5 Å². The number of anilines is 1. The van der Waals surface area contributed by atoms with Gasteiger partial charge in [-0.15, -0.1) is 11.3 Å². The summed E-state index contributed by atoms with van der Waals surface area (Å²) in [5, 5.41) is 13.3. The fourth-order valence-electron chi connectivity index (χ4n) is 2.06. The SMILES string of the molecule is N#Cc1ccsc1NC(=O)c1ccc(COc2c(F)c(F)cc(F)c2F)o1. The van der Waals surface area contributed by atoms with Gasteiger partial charge in [-0.3, -0.25) is 4.79 Å². The van der Waals surface area contributed by atoms with E-state index in [2.05, 4.69) is 5.32 Å². The van der Waals surface area contributed by atoms with Crippen LogP contribution in [0, 0.1) is 34.6 Å². The number of thiophene rings is 1. The molecule has 0 spiro atoms. The number of carbonyl (C=O) groups is 1. The number of halogens is 4. The van der Waals surface area contributed by atoms with Gasteiger partial charge in [0.15, 0.2) is 23.1 Å². The van der Waals surface area contributed by atoms with E-state index < -0.39 is 41.5 Å². The summed E-state index contributed by atoms with van der Waals surface area (Å²) in [6.45, 7) is -0.577. The van der Waals surface area contributed by atoms with Gasteiger partial charge >= 0.3 is 0 Å². The molecule has 1 aromatic carbocycles. The Balaban J connectivity index is 1.70. The second-order valence-corrected chi connectivity index (χ2v) is 6.00. The lowest BCUT2D eigenvalue weighted by Gasteiger charge is -2.08. The summed E-state index contributed by atoms with van der Waals surface area (Å²) in [5.74, 6) is -8.63. The number of rotatable bonds is 5. The molecular formula is C17H8F4N2O3S. The Hall–Kier alpha value is -3.32. The Kier molecular flexibility index (Phi) is 5.14. The van der Waals surface area contributed by atoms with Gasteiger partial charge in [0.05, 0.1) is 5.56 Å². The molecule has 3 rings (SSSR count). The Labute approximate surface area is 153 Å². The average molecular weight is 396 g/mol. The molecule has 0 saturated carbocycles. The Morgan fingerprint density at radius 1 is 1.19 bits per heavy atom. The standard InChI is InChI=1S/C17H8F4N2O3S/c18-10-5-11(19)14(21)15(13(10)20)25-7-9-1-2-12(26-9)16(24)23-17-8(6-22)3-4-27-17/h1-5H,7H2,(H,23,24). The normalized spacial score (nSPS) is 10.5. The predicted octanol–water partition coefficient (Wildman–Crippen LogP) is 4.60. The number of nitrogens with one attached hydrogen (secondary N) is 1. The first-order valence-electron chi connectivity index (χ1n) is 7.24. The molecule has 0 aliphatic heterocycles. The van der Waals surface area contributed by atoms with Crippen molar-refractivity contribution in [3.63, 3.8) is 0 Å². The Morgan fingerprint density at radius 3 is 2.56 bits per heavy atom. The molecule has 5 nitrogen and oxygen atoms in total. The minimum atomic E-state index is -1.68. The zero-order valence-corrected chi connectivity index (χ0v) is 14.0. The van der Waals surface area contributed by atoms with E-state index in [4.69, 9.17) is 14.4 Å². The predicted molar refractivity (Wildman–Crippen MR) is 86.3 cm³/mol. The third-order valence-corrected chi connectivity index (χ3v) is 4.16. The van der Waals surface area contributed by atoms with E-state index in [1.165, 1.54) is 18.2 Å². The van der Waals surface area contributed by atoms with Gasteiger partial charge in [0.25, 0.3) is 5.91 Å². The van der Waals surface area contributed by atoms with E-state index in [1.54, 1.807) is 5.38 Å². The van der Waals surface area contributed by atoms with Crippen LogP contribution in [0.2, 0.25) is 0 Å². The quantitative estimate of drug-likeness (QED) is 0.505. The van der Waals surface area contributed by atoms with E-state index in [0.717, 1.165) is 11.3 Å². The molecule has 1 N–H and O–H groups in total. The van der Waals surface area contributed by atoms with Crippen LogP contribution in [0.3, 0.4) is 0 Å². The first-order valence-corrected chi connectivity index (χ1v) is 8.12. The summed E-state index contributed by atoms with van der Waals surface area (Å²) < 4.78 is 63.3. The molecule has 1 amide bonds. The highest BCUT2D eigenvalue weighted by molar-refractivity contribution is 7.14. The van der Waals surface area contributed by atoms with Gasteiger partial charge in [-0.2, -0.15) is 14.0 Å². The molecule has 0 aliphatic carbocycles. The van der Waals surface area contributed by atoms with Crippen molar-refractivity contribution in [2.24, 2.45) is 0 Å². The number of ether oxygens (including phenoxy) is 1. The molecule has 0 saturated heterocycles. The maximum absolute atomic E-state index is 13.5. The van der Waals surface area contributed by atoms with Crippen LogP contribution in [0.15, 0.2) is 34.1 Å². The van der Waals surface area contributed by atoms with Crippen LogP contribution in [-0.4, -0.2) is 5.91 Å². The van der Waals surface area contributed by atoms with E-state index in [9.17, 15) is 22.4 Å². The van der Waals surface area contributed by atoms with Crippen molar-refractivity contribution in [3.8, 4) is 11.8 Å². The number of amides is 1. The molecule has 10 heteroatoms. The minimum Gasteiger partial charge on any atom is -0.479 e. The number of furan rings is 1. The van der Waals surface area contributed by atoms with Crippen LogP contribution in [0.5, 0.6) is 5.75 Å². The van der Waals surface area contributed by atoms with Crippen molar-refractivity contribution in [2.75, 3.05) is 5.32 Å². The molecule has 3 aromatic rings. The largest absolute Gasteiger partial charge is 0.479 e. The van der Waals surface area contributed by atoms with Crippen LogP contribution in [0.25, 0.3) is 0 Å². The summed E-state index contributed by atoms with van der Waals surface area (Å²) in [5.41, 5.74) is 0.280. The number of nitrogens with zero attached hydrogens (tertiary/aromatic N) is 1. The van der Waals surface area contributed by atoms with Crippen LogP contribution in [-0.2, 0) is 6.61 Å².